The summed E-state index contributed by atoms with van der Waals surface area (Å²) in [4.78, 5) is 38.7. The molecule has 1 amide bonds. The highest BCUT2D eigenvalue weighted by Gasteiger charge is 2.70. The first kappa shape index (κ1) is 25.6. The van der Waals surface area contributed by atoms with Crippen LogP contribution in [0.1, 0.15) is 55.7 Å². The molecule has 4 rings (SSSR count). The van der Waals surface area contributed by atoms with Gasteiger partial charge in [0, 0.05) is 23.4 Å². The van der Waals surface area contributed by atoms with Crippen LogP contribution < -0.4 is 15.8 Å². The number of Topliss-reactive ketones (excluding diaryl/α,β-unsaturated/α-hetero) is 1. The van der Waals surface area contributed by atoms with Crippen molar-refractivity contribution < 1.29 is 18.7 Å². The molecular weight excluding hydrogens is 481 g/mol. The van der Waals surface area contributed by atoms with Gasteiger partial charge >= 0.3 is 0 Å². The summed E-state index contributed by atoms with van der Waals surface area (Å²) in [5, 5.41) is 3.26. The normalized spacial score (nSPS) is 24.7. The van der Waals surface area contributed by atoms with E-state index in [1.807, 2.05) is 20.8 Å². The maximum Gasteiger partial charge on any atom is 0.237 e. The molecule has 3 N–H and O–H groups in total. The second-order valence-electron chi connectivity index (χ2n) is 10.2. The number of rotatable bonds is 7. The first-order valence-electron chi connectivity index (χ1n) is 11.5. The number of aromatic nitrogens is 2. The Morgan fingerprint density at radius 1 is 1.33 bits per heavy atom. The standard InChI is InChI=1S/C26H28FN5O3S/c1-6-9-35-21-14-29-18(13-30-21)19(33)11-15-7-8-17(27)16(10-15)25(5)20-12-26(20,36-23(28)32-25)22(34)31-24(2,3)4/h1,7-8,10,13-14,20H,9,11-12H2,2-5H3,(H2,28,32)(H,31,34)/t20-,25+,26-/m0/s1. The topological polar surface area (TPSA) is 120 Å². The number of carbonyl (C=O) groups is 2. The summed E-state index contributed by atoms with van der Waals surface area (Å²) >= 11 is 1.24. The lowest BCUT2D eigenvalue weighted by Crippen LogP contribution is -2.50. The number of terminal acetylenes is 1. The van der Waals surface area contributed by atoms with Crippen LogP contribution in [0.15, 0.2) is 35.6 Å². The van der Waals surface area contributed by atoms with Crippen LogP contribution in [0.25, 0.3) is 0 Å². The fraction of sp³-hybridized carbons (Fsp3) is 0.423. The third-order valence-corrected chi connectivity index (χ3v) is 7.55. The van der Waals surface area contributed by atoms with E-state index in [1.165, 1.54) is 30.2 Å². The van der Waals surface area contributed by atoms with Gasteiger partial charge < -0.3 is 15.8 Å². The SMILES string of the molecule is C#CCOc1cnc(C(=O)Cc2ccc(F)c([C@@]3(C)N=C(N)S[C@@]4(C(=O)NC(C)(C)C)C[C@H]43)c2)cn1. The van der Waals surface area contributed by atoms with Crippen LogP contribution in [0.2, 0.25) is 0 Å². The summed E-state index contributed by atoms with van der Waals surface area (Å²) in [6.45, 7) is 7.56. The zero-order chi connectivity index (χ0) is 26.3. The molecule has 188 valence electrons. The van der Waals surface area contributed by atoms with Crippen molar-refractivity contribution in [1.29, 1.82) is 0 Å². The van der Waals surface area contributed by atoms with Gasteiger partial charge in [0.05, 0.1) is 17.9 Å². The van der Waals surface area contributed by atoms with Gasteiger partial charge in [0.25, 0.3) is 0 Å². The number of nitrogens with one attached hydrogen (secondary N) is 1. The Balaban J connectivity index is 1.58. The minimum atomic E-state index is -1.05. The lowest BCUT2D eigenvalue weighted by Gasteiger charge is -2.35. The summed E-state index contributed by atoms with van der Waals surface area (Å²) in [7, 11) is 0. The summed E-state index contributed by atoms with van der Waals surface area (Å²) in [5.41, 5.74) is 5.73. The Bertz CT molecular complexity index is 1280. The molecular formula is C26H28FN5O3S. The van der Waals surface area contributed by atoms with E-state index < -0.39 is 21.6 Å². The molecule has 1 aromatic heterocycles. The van der Waals surface area contributed by atoms with Crippen LogP contribution in [0, 0.1) is 24.1 Å². The van der Waals surface area contributed by atoms with Gasteiger partial charge in [-0.15, -0.1) is 6.42 Å². The number of fused-ring (bicyclic) bond motifs is 1. The molecule has 2 heterocycles. The molecule has 1 aromatic carbocycles. The van der Waals surface area contributed by atoms with Crippen LogP contribution in [-0.2, 0) is 16.8 Å². The Morgan fingerprint density at radius 2 is 2.08 bits per heavy atom. The van der Waals surface area contributed by atoms with Gasteiger partial charge in [0.15, 0.2) is 17.6 Å². The molecule has 1 saturated carbocycles. The summed E-state index contributed by atoms with van der Waals surface area (Å²) in [5.74, 6) is 1.41. The molecule has 10 heteroatoms. The van der Waals surface area contributed by atoms with Crippen LogP contribution in [0.4, 0.5) is 4.39 Å². The number of amidine groups is 1. The fourth-order valence-corrected chi connectivity index (χ4v) is 5.89. The van der Waals surface area contributed by atoms with Crippen molar-refractivity contribution >= 4 is 28.6 Å². The van der Waals surface area contributed by atoms with Crippen LogP contribution in [0.5, 0.6) is 5.88 Å². The van der Waals surface area contributed by atoms with Gasteiger partial charge in [-0.1, -0.05) is 23.7 Å². The Labute approximate surface area is 213 Å². The van der Waals surface area contributed by atoms with Crippen molar-refractivity contribution in [2.45, 2.75) is 56.4 Å². The zero-order valence-corrected chi connectivity index (χ0v) is 21.4. The molecule has 1 fully saturated rings. The number of hydrogen-bond acceptors (Lipinski definition) is 8. The van der Waals surface area contributed by atoms with Crippen LogP contribution in [-0.4, -0.2) is 43.7 Å². The van der Waals surface area contributed by atoms with Gasteiger partial charge in [-0.2, -0.15) is 0 Å². The monoisotopic (exact) mass is 509 g/mol. The van der Waals surface area contributed by atoms with Crippen molar-refractivity contribution in [2.24, 2.45) is 16.6 Å². The van der Waals surface area contributed by atoms with E-state index in [1.54, 1.807) is 19.1 Å². The van der Waals surface area contributed by atoms with E-state index in [-0.39, 0.29) is 47.4 Å². The first-order chi connectivity index (χ1) is 16.9. The highest BCUT2D eigenvalue weighted by molar-refractivity contribution is 8.15. The number of ether oxygens (including phenoxy) is 1. The molecule has 0 saturated heterocycles. The quantitative estimate of drug-likeness (QED) is 0.435. The Hall–Kier alpha value is -3.45. The third kappa shape index (κ3) is 4.93. The number of ketones is 1. The molecule has 2 aromatic rings. The van der Waals surface area contributed by atoms with Crippen LogP contribution in [0.3, 0.4) is 0 Å². The van der Waals surface area contributed by atoms with E-state index in [0.29, 0.717) is 17.5 Å². The number of nitrogens with two attached hydrogens (primary N) is 1. The number of benzene rings is 1. The number of amides is 1. The molecule has 0 unspecified atom stereocenters. The van der Waals surface area contributed by atoms with Crippen molar-refractivity contribution in [3.05, 3.63) is 53.2 Å². The first-order valence-corrected chi connectivity index (χ1v) is 12.3. The second-order valence-corrected chi connectivity index (χ2v) is 11.5. The minimum Gasteiger partial charge on any atom is -0.463 e. The molecule has 1 aliphatic heterocycles. The predicted molar refractivity (Wildman–Crippen MR) is 136 cm³/mol. The van der Waals surface area contributed by atoms with Crippen molar-refractivity contribution in [1.82, 2.24) is 15.3 Å². The number of halogens is 1. The number of carbonyl (C=O) groups excluding carboxylic acids is 2. The van der Waals surface area contributed by atoms with E-state index in [4.69, 9.17) is 16.9 Å². The summed E-state index contributed by atoms with van der Waals surface area (Å²) in [6, 6.07) is 4.50. The predicted octanol–water partition coefficient (Wildman–Crippen LogP) is 3.00. The zero-order valence-electron chi connectivity index (χ0n) is 20.6. The van der Waals surface area contributed by atoms with E-state index >= 15 is 4.39 Å². The summed E-state index contributed by atoms with van der Waals surface area (Å²) in [6.07, 6.45) is 8.30. The maximum absolute atomic E-state index is 15.2. The smallest absolute Gasteiger partial charge is 0.237 e. The van der Waals surface area contributed by atoms with Gasteiger partial charge in [-0.05, 0) is 51.8 Å². The van der Waals surface area contributed by atoms with Crippen LogP contribution >= 0.6 is 11.8 Å². The second kappa shape index (κ2) is 9.21. The van der Waals surface area contributed by atoms with Crippen molar-refractivity contribution in [3.8, 4) is 18.2 Å². The highest BCUT2D eigenvalue weighted by atomic mass is 32.2. The molecule has 1 aliphatic carbocycles. The highest BCUT2D eigenvalue weighted by Crippen LogP contribution is 2.66. The van der Waals surface area contributed by atoms with E-state index in [2.05, 4.69) is 26.2 Å². The van der Waals surface area contributed by atoms with Gasteiger partial charge in [-0.3, -0.25) is 14.6 Å². The number of nitrogens with zero attached hydrogens (tertiary/aromatic N) is 3. The maximum atomic E-state index is 15.2. The number of hydrogen-bond donors (Lipinski definition) is 2. The largest absolute Gasteiger partial charge is 0.463 e. The molecule has 0 radical (unpaired) electrons. The number of thioether (sulfide) groups is 1. The molecule has 2 aliphatic rings. The molecule has 0 bridgehead atoms. The Morgan fingerprint density at radius 3 is 2.72 bits per heavy atom. The molecule has 8 nitrogen and oxygen atoms in total. The van der Waals surface area contributed by atoms with Crippen molar-refractivity contribution in [2.75, 3.05) is 6.61 Å². The Kier molecular flexibility index (Phi) is 6.56. The summed E-state index contributed by atoms with van der Waals surface area (Å²) < 4.78 is 19.5. The lowest BCUT2D eigenvalue weighted by atomic mass is 9.84. The van der Waals surface area contributed by atoms with Gasteiger partial charge in [0.1, 0.15) is 16.3 Å². The number of aliphatic imine (C=N–C) groups is 1. The average Bonchev–Trinajstić information content (AvgIpc) is 3.55. The molecule has 36 heavy (non-hydrogen) atoms. The molecule has 0 spiro atoms. The van der Waals surface area contributed by atoms with Gasteiger partial charge in [-0.25, -0.2) is 14.4 Å². The average molecular weight is 510 g/mol. The lowest BCUT2D eigenvalue weighted by molar-refractivity contribution is -0.123. The van der Waals surface area contributed by atoms with Crippen molar-refractivity contribution in [3.63, 3.8) is 0 Å². The third-order valence-electron chi connectivity index (χ3n) is 6.25. The minimum absolute atomic E-state index is 0.0170. The van der Waals surface area contributed by atoms with Gasteiger partial charge in [0.2, 0.25) is 11.8 Å². The van der Waals surface area contributed by atoms with E-state index in [0.717, 1.165) is 0 Å². The van der Waals surface area contributed by atoms with E-state index in [9.17, 15) is 9.59 Å². The fourth-order valence-electron chi connectivity index (χ4n) is 4.51. The molecule has 3 atom stereocenters.